The van der Waals surface area contributed by atoms with Gasteiger partial charge in [0.25, 0.3) is 0 Å². The molecular formula is C21H44N2O4. The van der Waals surface area contributed by atoms with Gasteiger partial charge in [-0.05, 0) is 26.7 Å². The minimum absolute atomic E-state index is 0.125. The van der Waals surface area contributed by atoms with E-state index in [9.17, 15) is 4.79 Å². The van der Waals surface area contributed by atoms with Gasteiger partial charge < -0.3 is 24.8 Å². The normalized spacial score (nSPS) is 11.5. The highest BCUT2D eigenvalue weighted by atomic mass is 16.5. The van der Waals surface area contributed by atoms with Gasteiger partial charge >= 0.3 is 0 Å². The average molecular weight is 389 g/mol. The van der Waals surface area contributed by atoms with Gasteiger partial charge in [-0.2, -0.15) is 0 Å². The molecule has 0 radical (unpaired) electrons. The second-order valence-corrected chi connectivity index (χ2v) is 7.47. The minimum Gasteiger partial charge on any atom is -0.379 e. The Morgan fingerprint density at radius 1 is 0.741 bits per heavy atom. The molecule has 0 fully saturated rings. The SMILES string of the molecule is CC(C)NCCOCCOCCNC(=O)CCCCCCCCOC(C)C. The van der Waals surface area contributed by atoms with E-state index < -0.39 is 0 Å². The van der Waals surface area contributed by atoms with Gasteiger partial charge in [-0.15, -0.1) is 0 Å². The first kappa shape index (κ1) is 26.3. The van der Waals surface area contributed by atoms with E-state index in [-0.39, 0.29) is 5.91 Å². The van der Waals surface area contributed by atoms with Gasteiger partial charge in [0.15, 0.2) is 0 Å². The van der Waals surface area contributed by atoms with Crippen LogP contribution in [0.4, 0.5) is 0 Å². The molecule has 1 amide bonds. The van der Waals surface area contributed by atoms with Gasteiger partial charge in [-0.25, -0.2) is 0 Å². The van der Waals surface area contributed by atoms with Crippen LogP contribution >= 0.6 is 0 Å². The van der Waals surface area contributed by atoms with Crippen molar-refractivity contribution in [2.45, 2.75) is 84.8 Å². The fourth-order valence-electron chi connectivity index (χ4n) is 2.51. The lowest BCUT2D eigenvalue weighted by Gasteiger charge is -2.09. The number of hydrogen-bond acceptors (Lipinski definition) is 5. The lowest BCUT2D eigenvalue weighted by atomic mass is 10.1. The number of carbonyl (C=O) groups excluding carboxylic acids is 1. The van der Waals surface area contributed by atoms with E-state index >= 15 is 0 Å². The summed E-state index contributed by atoms with van der Waals surface area (Å²) in [4.78, 5) is 11.7. The molecule has 0 unspecified atom stereocenters. The molecule has 6 heteroatoms. The molecule has 0 aliphatic carbocycles. The van der Waals surface area contributed by atoms with E-state index in [1.807, 2.05) is 0 Å². The maximum absolute atomic E-state index is 11.7. The molecule has 0 aromatic rings. The van der Waals surface area contributed by atoms with Crippen LogP contribution in [0.3, 0.4) is 0 Å². The summed E-state index contributed by atoms with van der Waals surface area (Å²) in [6.07, 6.45) is 7.82. The highest BCUT2D eigenvalue weighted by Crippen LogP contribution is 2.07. The zero-order valence-electron chi connectivity index (χ0n) is 18.2. The number of unbranched alkanes of at least 4 members (excludes halogenated alkanes) is 5. The Morgan fingerprint density at radius 3 is 1.96 bits per heavy atom. The van der Waals surface area contributed by atoms with Crippen molar-refractivity contribution in [3.63, 3.8) is 0 Å². The largest absolute Gasteiger partial charge is 0.379 e. The van der Waals surface area contributed by atoms with E-state index in [0.29, 0.717) is 51.5 Å². The Bertz CT molecular complexity index is 325. The molecular weight excluding hydrogens is 344 g/mol. The molecule has 0 heterocycles. The van der Waals surface area contributed by atoms with E-state index in [4.69, 9.17) is 14.2 Å². The summed E-state index contributed by atoms with van der Waals surface area (Å²) in [6, 6.07) is 0.489. The molecule has 0 bridgehead atoms. The van der Waals surface area contributed by atoms with Crippen LogP contribution in [-0.2, 0) is 19.0 Å². The first-order chi connectivity index (χ1) is 13.0. The van der Waals surface area contributed by atoms with Crippen LogP contribution in [0.1, 0.15) is 72.6 Å². The Kier molecular flexibility index (Phi) is 19.5. The Hall–Kier alpha value is -0.690. The number of ether oxygens (including phenoxy) is 3. The van der Waals surface area contributed by atoms with Crippen LogP contribution in [0, 0.1) is 0 Å². The summed E-state index contributed by atoms with van der Waals surface area (Å²) in [7, 11) is 0. The van der Waals surface area contributed by atoms with Crippen molar-refractivity contribution in [3.8, 4) is 0 Å². The summed E-state index contributed by atoms with van der Waals surface area (Å²) in [5.74, 6) is 0.125. The van der Waals surface area contributed by atoms with Crippen LogP contribution in [0.2, 0.25) is 0 Å². The molecule has 0 atom stereocenters. The van der Waals surface area contributed by atoms with Gasteiger partial charge in [-0.3, -0.25) is 4.79 Å². The van der Waals surface area contributed by atoms with Crippen LogP contribution in [0.5, 0.6) is 0 Å². The van der Waals surface area contributed by atoms with Crippen molar-refractivity contribution in [2.75, 3.05) is 46.1 Å². The predicted molar refractivity (Wildman–Crippen MR) is 111 cm³/mol. The lowest BCUT2D eigenvalue weighted by molar-refractivity contribution is -0.121. The average Bonchev–Trinajstić information content (AvgIpc) is 2.61. The van der Waals surface area contributed by atoms with Crippen LogP contribution in [-0.4, -0.2) is 64.2 Å². The maximum atomic E-state index is 11.7. The van der Waals surface area contributed by atoms with Crippen molar-refractivity contribution in [1.82, 2.24) is 10.6 Å². The fraction of sp³-hybridized carbons (Fsp3) is 0.952. The highest BCUT2D eigenvalue weighted by Gasteiger charge is 2.01. The van der Waals surface area contributed by atoms with Gasteiger partial charge in [0, 0.05) is 32.2 Å². The number of carbonyl (C=O) groups is 1. The monoisotopic (exact) mass is 388 g/mol. The smallest absolute Gasteiger partial charge is 0.220 e. The van der Waals surface area contributed by atoms with Gasteiger partial charge in [0.05, 0.1) is 32.5 Å². The van der Waals surface area contributed by atoms with Crippen molar-refractivity contribution in [1.29, 1.82) is 0 Å². The fourth-order valence-corrected chi connectivity index (χ4v) is 2.51. The number of amides is 1. The van der Waals surface area contributed by atoms with Crippen LogP contribution < -0.4 is 10.6 Å². The molecule has 0 rings (SSSR count). The Balaban J connectivity index is 3.18. The predicted octanol–water partition coefficient (Wildman–Crippen LogP) is 3.29. The standard InChI is InChI=1S/C21H44N2O4/c1-19(2)22-12-15-25-17-18-26-16-13-23-21(24)11-9-7-5-6-8-10-14-27-20(3)4/h19-20,22H,5-18H2,1-4H3,(H,23,24). The number of rotatable bonds is 20. The molecule has 0 saturated carbocycles. The Labute approximate surface area is 167 Å². The zero-order valence-corrected chi connectivity index (χ0v) is 18.2. The molecule has 6 nitrogen and oxygen atoms in total. The number of nitrogens with one attached hydrogen (secondary N) is 2. The van der Waals surface area contributed by atoms with Gasteiger partial charge in [0.1, 0.15) is 0 Å². The molecule has 2 N–H and O–H groups in total. The van der Waals surface area contributed by atoms with Crippen LogP contribution in [0.15, 0.2) is 0 Å². The third-order valence-electron chi connectivity index (χ3n) is 3.99. The topological polar surface area (TPSA) is 68.8 Å². The molecule has 0 aromatic heterocycles. The first-order valence-corrected chi connectivity index (χ1v) is 10.8. The van der Waals surface area contributed by atoms with Crippen molar-refractivity contribution in [3.05, 3.63) is 0 Å². The van der Waals surface area contributed by atoms with Crippen LogP contribution in [0.25, 0.3) is 0 Å². The third kappa shape index (κ3) is 23.3. The van der Waals surface area contributed by atoms with Crippen molar-refractivity contribution < 1.29 is 19.0 Å². The Morgan fingerprint density at radius 2 is 1.33 bits per heavy atom. The molecule has 0 aromatic carbocycles. The van der Waals surface area contributed by atoms with E-state index in [2.05, 4.69) is 38.3 Å². The summed E-state index contributed by atoms with van der Waals surface area (Å²) in [5, 5.41) is 6.19. The first-order valence-electron chi connectivity index (χ1n) is 10.8. The summed E-state index contributed by atoms with van der Waals surface area (Å²) in [6.45, 7) is 13.1. The maximum Gasteiger partial charge on any atom is 0.220 e. The van der Waals surface area contributed by atoms with Crippen molar-refractivity contribution >= 4 is 5.91 Å². The molecule has 162 valence electrons. The van der Waals surface area contributed by atoms with E-state index in [1.165, 1.54) is 19.3 Å². The third-order valence-corrected chi connectivity index (χ3v) is 3.99. The van der Waals surface area contributed by atoms with Gasteiger partial charge in [0.2, 0.25) is 5.91 Å². The molecule has 27 heavy (non-hydrogen) atoms. The van der Waals surface area contributed by atoms with Gasteiger partial charge in [-0.1, -0.05) is 39.5 Å². The second kappa shape index (κ2) is 20.1. The molecule has 0 aliphatic rings. The lowest BCUT2D eigenvalue weighted by Crippen LogP contribution is -2.28. The molecule has 0 saturated heterocycles. The summed E-state index contributed by atoms with van der Waals surface area (Å²) < 4.78 is 16.4. The molecule has 0 spiro atoms. The van der Waals surface area contributed by atoms with E-state index in [0.717, 1.165) is 32.4 Å². The summed E-state index contributed by atoms with van der Waals surface area (Å²) >= 11 is 0. The summed E-state index contributed by atoms with van der Waals surface area (Å²) in [5.41, 5.74) is 0. The molecule has 0 aliphatic heterocycles. The second-order valence-electron chi connectivity index (χ2n) is 7.47. The zero-order chi connectivity index (χ0) is 20.2. The quantitative estimate of drug-likeness (QED) is 0.313. The number of hydrogen-bond donors (Lipinski definition) is 2. The van der Waals surface area contributed by atoms with Crippen molar-refractivity contribution in [2.24, 2.45) is 0 Å². The highest BCUT2D eigenvalue weighted by molar-refractivity contribution is 5.75. The van der Waals surface area contributed by atoms with E-state index in [1.54, 1.807) is 0 Å². The minimum atomic E-state index is 0.125.